The fourth-order valence-corrected chi connectivity index (χ4v) is 2.47. The van der Waals surface area contributed by atoms with Crippen LogP contribution in [0.15, 0.2) is 12.4 Å². The SMILES string of the molecule is CCNc1ncc([N+](=O)[O-])c(NC(C)c2ncc(C)s2)n1. The third-order valence-corrected chi connectivity index (χ3v) is 3.76. The highest BCUT2D eigenvalue weighted by Gasteiger charge is 2.20. The van der Waals surface area contributed by atoms with Gasteiger partial charge in [0.25, 0.3) is 0 Å². The van der Waals surface area contributed by atoms with Gasteiger partial charge in [0.05, 0.1) is 11.0 Å². The van der Waals surface area contributed by atoms with Gasteiger partial charge in [-0.3, -0.25) is 10.1 Å². The van der Waals surface area contributed by atoms with Crippen LogP contribution in [0.2, 0.25) is 0 Å². The second-order valence-electron chi connectivity index (χ2n) is 4.39. The number of nitrogens with one attached hydrogen (secondary N) is 2. The first-order valence-electron chi connectivity index (χ1n) is 6.45. The van der Waals surface area contributed by atoms with Gasteiger partial charge < -0.3 is 10.6 Å². The van der Waals surface area contributed by atoms with Crippen molar-refractivity contribution in [3.8, 4) is 0 Å². The Labute approximate surface area is 125 Å². The lowest BCUT2D eigenvalue weighted by molar-refractivity contribution is -0.384. The molecule has 0 aromatic carbocycles. The Morgan fingerprint density at radius 3 is 2.76 bits per heavy atom. The first kappa shape index (κ1) is 15.1. The maximum atomic E-state index is 11.1. The molecule has 0 aliphatic heterocycles. The fourth-order valence-electron chi connectivity index (χ4n) is 1.70. The lowest BCUT2D eigenvalue weighted by atomic mass is 10.3. The molecule has 0 bridgehead atoms. The van der Waals surface area contributed by atoms with Crippen molar-refractivity contribution in [2.75, 3.05) is 17.2 Å². The van der Waals surface area contributed by atoms with Gasteiger partial charge in [-0.25, -0.2) is 9.97 Å². The molecule has 0 aliphatic rings. The van der Waals surface area contributed by atoms with Crippen molar-refractivity contribution in [1.29, 1.82) is 0 Å². The zero-order chi connectivity index (χ0) is 15.4. The van der Waals surface area contributed by atoms with Gasteiger partial charge in [-0.2, -0.15) is 4.98 Å². The van der Waals surface area contributed by atoms with Gasteiger partial charge in [-0.15, -0.1) is 11.3 Å². The van der Waals surface area contributed by atoms with E-state index < -0.39 is 4.92 Å². The van der Waals surface area contributed by atoms with Crippen molar-refractivity contribution in [3.63, 3.8) is 0 Å². The summed E-state index contributed by atoms with van der Waals surface area (Å²) in [5, 5.41) is 17.9. The van der Waals surface area contributed by atoms with Gasteiger partial charge in [0.1, 0.15) is 11.2 Å². The molecule has 2 heterocycles. The molecule has 0 spiro atoms. The quantitative estimate of drug-likeness (QED) is 0.624. The van der Waals surface area contributed by atoms with Crippen molar-refractivity contribution < 1.29 is 4.92 Å². The number of hydrogen-bond acceptors (Lipinski definition) is 8. The summed E-state index contributed by atoms with van der Waals surface area (Å²) < 4.78 is 0. The van der Waals surface area contributed by atoms with Crippen LogP contribution in [0.3, 0.4) is 0 Å². The van der Waals surface area contributed by atoms with Gasteiger partial charge in [0.15, 0.2) is 0 Å². The number of anilines is 2. The van der Waals surface area contributed by atoms with Crippen LogP contribution in [-0.2, 0) is 0 Å². The number of thiazole rings is 1. The predicted molar refractivity (Wildman–Crippen MR) is 81.7 cm³/mol. The van der Waals surface area contributed by atoms with Crippen LogP contribution in [0.4, 0.5) is 17.5 Å². The number of rotatable bonds is 6. The summed E-state index contributed by atoms with van der Waals surface area (Å²) >= 11 is 1.54. The Bertz CT molecular complexity index is 644. The number of aromatic nitrogens is 3. The monoisotopic (exact) mass is 308 g/mol. The molecule has 2 aromatic heterocycles. The van der Waals surface area contributed by atoms with E-state index in [-0.39, 0.29) is 17.5 Å². The average Bonchev–Trinajstić information content (AvgIpc) is 2.86. The first-order chi connectivity index (χ1) is 10.0. The molecule has 0 amide bonds. The minimum atomic E-state index is -0.502. The first-order valence-corrected chi connectivity index (χ1v) is 7.27. The van der Waals surface area contributed by atoms with Gasteiger partial charge in [0, 0.05) is 17.6 Å². The van der Waals surface area contributed by atoms with E-state index in [4.69, 9.17) is 0 Å². The normalized spacial score (nSPS) is 12.0. The zero-order valence-electron chi connectivity index (χ0n) is 12.0. The smallest absolute Gasteiger partial charge is 0.329 e. The van der Waals surface area contributed by atoms with Crippen LogP contribution in [0, 0.1) is 17.0 Å². The Balaban J connectivity index is 2.27. The topological polar surface area (TPSA) is 106 Å². The maximum Gasteiger partial charge on any atom is 0.329 e. The molecule has 2 N–H and O–H groups in total. The zero-order valence-corrected chi connectivity index (χ0v) is 12.8. The molecule has 21 heavy (non-hydrogen) atoms. The summed E-state index contributed by atoms with van der Waals surface area (Å²) in [4.78, 5) is 24.0. The number of aryl methyl sites for hydroxylation is 1. The van der Waals surface area contributed by atoms with Gasteiger partial charge in [0.2, 0.25) is 11.8 Å². The minimum Gasteiger partial charge on any atom is -0.355 e. The van der Waals surface area contributed by atoms with Gasteiger partial charge >= 0.3 is 5.69 Å². The van der Waals surface area contributed by atoms with Crippen molar-refractivity contribution in [1.82, 2.24) is 15.0 Å². The van der Waals surface area contributed by atoms with E-state index in [1.807, 2.05) is 20.8 Å². The molecular formula is C12H16N6O2S. The molecule has 9 heteroatoms. The van der Waals surface area contributed by atoms with Crippen molar-refractivity contribution in [2.24, 2.45) is 0 Å². The summed E-state index contributed by atoms with van der Waals surface area (Å²) in [6.07, 6.45) is 2.98. The van der Waals surface area contributed by atoms with Crippen LogP contribution < -0.4 is 10.6 Å². The van der Waals surface area contributed by atoms with E-state index in [0.717, 1.165) is 9.88 Å². The summed E-state index contributed by atoms with van der Waals surface area (Å²) in [5.41, 5.74) is -0.156. The van der Waals surface area contributed by atoms with Gasteiger partial charge in [-0.1, -0.05) is 0 Å². The lowest BCUT2D eigenvalue weighted by Crippen LogP contribution is -2.12. The fraction of sp³-hybridized carbons (Fsp3) is 0.417. The number of hydrogen-bond donors (Lipinski definition) is 2. The van der Waals surface area contributed by atoms with E-state index in [1.54, 1.807) is 17.5 Å². The second-order valence-corrected chi connectivity index (χ2v) is 5.66. The molecule has 1 unspecified atom stereocenters. The van der Waals surface area contributed by atoms with Crippen molar-refractivity contribution in [3.05, 3.63) is 32.4 Å². The van der Waals surface area contributed by atoms with E-state index >= 15 is 0 Å². The summed E-state index contributed by atoms with van der Waals surface area (Å²) in [6, 6.07) is -0.174. The Morgan fingerprint density at radius 2 is 2.19 bits per heavy atom. The molecule has 112 valence electrons. The summed E-state index contributed by atoms with van der Waals surface area (Å²) in [5.74, 6) is 0.541. The highest BCUT2D eigenvalue weighted by atomic mass is 32.1. The van der Waals surface area contributed by atoms with Crippen molar-refractivity contribution >= 4 is 28.8 Å². The molecule has 0 radical (unpaired) electrons. The van der Waals surface area contributed by atoms with Crippen LogP contribution in [0.5, 0.6) is 0 Å². The van der Waals surface area contributed by atoms with Crippen molar-refractivity contribution in [2.45, 2.75) is 26.8 Å². The van der Waals surface area contributed by atoms with Crippen LogP contribution in [-0.4, -0.2) is 26.4 Å². The molecule has 0 aliphatic carbocycles. The van der Waals surface area contributed by atoms with Crippen LogP contribution in [0.1, 0.15) is 29.8 Å². The van der Waals surface area contributed by atoms with Crippen LogP contribution >= 0.6 is 11.3 Å². The van der Waals surface area contributed by atoms with E-state index in [9.17, 15) is 10.1 Å². The third-order valence-electron chi connectivity index (χ3n) is 2.66. The summed E-state index contributed by atoms with van der Waals surface area (Å²) in [7, 11) is 0. The highest BCUT2D eigenvalue weighted by Crippen LogP contribution is 2.28. The molecule has 0 saturated heterocycles. The largest absolute Gasteiger partial charge is 0.355 e. The van der Waals surface area contributed by atoms with Crippen LogP contribution in [0.25, 0.3) is 0 Å². The summed E-state index contributed by atoms with van der Waals surface area (Å²) in [6.45, 7) is 6.39. The molecular weight excluding hydrogens is 292 g/mol. The third kappa shape index (κ3) is 3.63. The highest BCUT2D eigenvalue weighted by molar-refractivity contribution is 7.11. The van der Waals surface area contributed by atoms with E-state index in [1.165, 1.54) is 6.20 Å². The molecule has 2 aromatic rings. The van der Waals surface area contributed by atoms with Gasteiger partial charge in [-0.05, 0) is 20.8 Å². The lowest BCUT2D eigenvalue weighted by Gasteiger charge is -2.12. The second kappa shape index (κ2) is 6.44. The number of nitro groups is 1. The van der Waals surface area contributed by atoms with E-state index in [0.29, 0.717) is 12.5 Å². The average molecular weight is 308 g/mol. The predicted octanol–water partition coefficient (Wildman–Crippen LogP) is 2.75. The standard InChI is InChI=1S/C12H16N6O2S/c1-4-13-12-15-6-9(18(19)20)10(17-12)16-8(3)11-14-5-7(2)21-11/h5-6,8H,4H2,1-3H3,(H2,13,15,16,17). The molecule has 0 fully saturated rings. The number of nitrogens with zero attached hydrogens (tertiary/aromatic N) is 4. The minimum absolute atomic E-state index is 0.156. The Morgan fingerprint density at radius 1 is 1.43 bits per heavy atom. The molecule has 1 atom stereocenters. The molecule has 0 saturated carbocycles. The molecule has 8 nitrogen and oxygen atoms in total. The Hall–Kier alpha value is -2.29. The van der Waals surface area contributed by atoms with E-state index in [2.05, 4.69) is 25.6 Å². The maximum absolute atomic E-state index is 11.1. The Kier molecular flexibility index (Phi) is 4.63. The molecule has 2 rings (SSSR count).